The highest BCUT2D eigenvalue weighted by molar-refractivity contribution is 5.53. The van der Waals surface area contributed by atoms with Gasteiger partial charge in [-0.05, 0) is 50.5 Å². The van der Waals surface area contributed by atoms with Crippen molar-refractivity contribution in [3.8, 4) is 0 Å². The highest BCUT2D eigenvalue weighted by atomic mass is 14.9. The van der Waals surface area contributed by atoms with Crippen LogP contribution in [0.3, 0.4) is 0 Å². The molecule has 1 N–H and O–H groups in total. The lowest BCUT2D eigenvalue weighted by atomic mass is 10.0. The zero-order chi connectivity index (χ0) is 13.1. The van der Waals surface area contributed by atoms with E-state index in [9.17, 15) is 0 Å². The average molecular weight is 239 g/mol. The molecule has 0 aliphatic heterocycles. The summed E-state index contributed by atoms with van der Waals surface area (Å²) in [6.07, 6.45) is 0. The lowest BCUT2D eigenvalue weighted by molar-refractivity contribution is 0.872. The van der Waals surface area contributed by atoms with Crippen molar-refractivity contribution in [1.82, 2.24) is 0 Å². The highest BCUT2D eigenvalue weighted by Crippen LogP contribution is 2.24. The Bertz CT molecular complexity index is 543. The molecule has 0 aliphatic carbocycles. The van der Waals surface area contributed by atoms with Crippen molar-refractivity contribution in [2.75, 3.05) is 5.32 Å². The van der Waals surface area contributed by atoms with Crippen LogP contribution in [0.2, 0.25) is 0 Å². The predicted molar refractivity (Wildman–Crippen MR) is 79.1 cm³/mol. The Labute approximate surface area is 110 Å². The summed E-state index contributed by atoms with van der Waals surface area (Å²) in [6.45, 7) is 8.65. The Balaban J connectivity index is 2.21. The number of nitrogens with one attached hydrogen (secondary N) is 1. The van der Waals surface area contributed by atoms with Crippen LogP contribution in [0.5, 0.6) is 0 Å². The zero-order valence-electron chi connectivity index (χ0n) is 11.6. The van der Waals surface area contributed by atoms with Crippen molar-refractivity contribution in [3.63, 3.8) is 0 Å². The number of anilines is 1. The topological polar surface area (TPSA) is 12.0 Å². The van der Waals surface area contributed by atoms with E-state index in [1.807, 2.05) is 0 Å². The maximum Gasteiger partial charge on any atom is 0.0488 e. The molecular formula is C17H21N. The second-order valence-corrected chi connectivity index (χ2v) is 5.04. The third-order valence-electron chi connectivity index (χ3n) is 3.41. The first kappa shape index (κ1) is 12.7. The summed E-state index contributed by atoms with van der Waals surface area (Å²) in [5, 5.41) is 3.59. The Morgan fingerprint density at radius 2 is 1.61 bits per heavy atom. The third-order valence-corrected chi connectivity index (χ3v) is 3.41. The van der Waals surface area contributed by atoms with Gasteiger partial charge >= 0.3 is 0 Å². The van der Waals surface area contributed by atoms with Gasteiger partial charge in [-0.2, -0.15) is 0 Å². The number of rotatable bonds is 3. The molecule has 2 aromatic rings. The third kappa shape index (κ3) is 2.73. The van der Waals surface area contributed by atoms with Crippen molar-refractivity contribution in [3.05, 3.63) is 64.7 Å². The zero-order valence-corrected chi connectivity index (χ0v) is 11.6. The van der Waals surface area contributed by atoms with Crippen molar-refractivity contribution < 1.29 is 0 Å². The van der Waals surface area contributed by atoms with Gasteiger partial charge in [-0.3, -0.25) is 0 Å². The number of benzene rings is 2. The summed E-state index contributed by atoms with van der Waals surface area (Å²) in [5.74, 6) is 0. The van der Waals surface area contributed by atoms with Crippen LogP contribution in [0.15, 0.2) is 42.5 Å². The van der Waals surface area contributed by atoms with Crippen LogP contribution in [0.25, 0.3) is 0 Å². The van der Waals surface area contributed by atoms with Crippen LogP contribution >= 0.6 is 0 Å². The van der Waals surface area contributed by atoms with E-state index in [0.717, 1.165) is 0 Å². The summed E-state index contributed by atoms with van der Waals surface area (Å²) in [4.78, 5) is 0. The monoisotopic (exact) mass is 239 g/mol. The quantitative estimate of drug-likeness (QED) is 0.812. The molecule has 0 amide bonds. The molecule has 0 saturated carbocycles. The predicted octanol–water partition coefficient (Wildman–Crippen LogP) is 4.78. The van der Waals surface area contributed by atoms with Crippen molar-refractivity contribution >= 4 is 5.69 Å². The Morgan fingerprint density at radius 1 is 0.889 bits per heavy atom. The fourth-order valence-corrected chi connectivity index (χ4v) is 2.36. The fraction of sp³-hybridized carbons (Fsp3) is 0.294. The van der Waals surface area contributed by atoms with Gasteiger partial charge in [0.25, 0.3) is 0 Å². The number of hydrogen-bond donors (Lipinski definition) is 1. The molecule has 18 heavy (non-hydrogen) atoms. The van der Waals surface area contributed by atoms with E-state index in [1.165, 1.54) is 27.9 Å². The molecular weight excluding hydrogens is 218 g/mol. The van der Waals surface area contributed by atoms with Crippen molar-refractivity contribution in [1.29, 1.82) is 0 Å². The van der Waals surface area contributed by atoms with E-state index in [2.05, 4.69) is 75.5 Å². The van der Waals surface area contributed by atoms with Crippen LogP contribution in [-0.2, 0) is 0 Å². The minimum atomic E-state index is 0.326. The summed E-state index contributed by atoms with van der Waals surface area (Å²) in [5.41, 5.74) is 6.52. The van der Waals surface area contributed by atoms with Gasteiger partial charge < -0.3 is 5.32 Å². The van der Waals surface area contributed by atoms with Gasteiger partial charge in [0.2, 0.25) is 0 Å². The number of aryl methyl sites for hydroxylation is 3. The lowest BCUT2D eigenvalue weighted by Crippen LogP contribution is -2.09. The minimum Gasteiger partial charge on any atom is -0.378 e. The first-order valence-corrected chi connectivity index (χ1v) is 6.47. The summed E-state index contributed by atoms with van der Waals surface area (Å²) in [6, 6.07) is 15.4. The van der Waals surface area contributed by atoms with Crippen molar-refractivity contribution in [2.24, 2.45) is 0 Å². The molecule has 2 aromatic carbocycles. The molecule has 0 bridgehead atoms. The van der Waals surface area contributed by atoms with E-state index < -0.39 is 0 Å². The number of hydrogen-bond acceptors (Lipinski definition) is 1. The van der Waals surface area contributed by atoms with Gasteiger partial charge in [0.05, 0.1) is 0 Å². The fourth-order valence-electron chi connectivity index (χ4n) is 2.36. The molecule has 0 aliphatic rings. The molecule has 94 valence electrons. The average Bonchev–Trinajstić information content (AvgIpc) is 2.33. The molecule has 1 unspecified atom stereocenters. The smallest absolute Gasteiger partial charge is 0.0488 e. The van der Waals surface area contributed by atoms with Crippen molar-refractivity contribution in [2.45, 2.75) is 33.7 Å². The lowest BCUT2D eigenvalue weighted by Gasteiger charge is -2.19. The van der Waals surface area contributed by atoms with E-state index in [0.29, 0.717) is 6.04 Å². The molecule has 1 heteroatoms. The second-order valence-electron chi connectivity index (χ2n) is 5.04. The first-order valence-electron chi connectivity index (χ1n) is 6.47. The molecule has 0 heterocycles. The van der Waals surface area contributed by atoms with Crippen LogP contribution in [0, 0.1) is 20.8 Å². The summed E-state index contributed by atoms with van der Waals surface area (Å²) in [7, 11) is 0. The van der Waals surface area contributed by atoms with E-state index in [-0.39, 0.29) is 0 Å². The molecule has 1 atom stereocenters. The first-order chi connectivity index (χ1) is 8.58. The van der Waals surface area contributed by atoms with Crippen LogP contribution in [-0.4, -0.2) is 0 Å². The largest absolute Gasteiger partial charge is 0.378 e. The second kappa shape index (κ2) is 5.26. The van der Waals surface area contributed by atoms with Gasteiger partial charge in [-0.25, -0.2) is 0 Å². The SMILES string of the molecule is Cc1ccc(NC(C)c2ccccc2C)c(C)c1. The van der Waals surface area contributed by atoms with Gasteiger partial charge in [0, 0.05) is 11.7 Å². The highest BCUT2D eigenvalue weighted by Gasteiger charge is 2.08. The van der Waals surface area contributed by atoms with Crippen LogP contribution < -0.4 is 5.32 Å². The Morgan fingerprint density at radius 3 is 2.28 bits per heavy atom. The molecule has 0 aromatic heterocycles. The molecule has 1 nitrogen and oxygen atoms in total. The summed E-state index contributed by atoms with van der Waals surface area (Å²) >= 11 is 0. The van der Waals surface area contributed by atoms with E-state index in [1.54, 1.807) is 0 Å². The van der Waals surface area contributed by atoms with Gasteiger partial charge in [0.1, 0.15) is 0 Å². The molecule has 0 radical (unpaired) electrons. The van der Waals surface area contributed by atoms with E-state index in [4.69, 9.17) is 0 Å². The molecule has 0 fully saturated rings. The maximum atomic E-state index is 3.59. The molecule has 2 rings (SSSR count). The van der Waals surface area contributed by atoms with Crippen LogP contribution in [0.1, 0.15) is 35.2 Å². The Kier molecular flexibility index (Phi) is 3.71. The van der Waals surface area contributed by atoms with Gasteiger partial charge in [0.15, 0.2) is 0 Å². The minimum absolute atomic E-state index is 0.326. The molecule has 0 saturated heterocycles. The standard InChI is InChI=1S/C17H21N/c1-12-9-10-17(14(3)11-12)18-15(4)16-8-6-5-7-13(16)2/h5-11,15,18H,1-4H3. The van der Waals surface area contributed by atoms with E-state index >= 15 is 0 Å². The normalized spacial score (nSPS) is 12.2. The van der Waals surface area contributed by atoms with Crippen LogP contribution in [0.4, 0.5) is 5.69 Å². The Hall–Kier alpha value is -1.76. The maximum absolute atomic E-state index is 3.59. The van der Waals surface area contributed by atoms with Gasteiger partial charge in [-0.1, -0.05) is 42.0 Å². The molecule has 0 spiro atoms. The van der Waals surface area contributed by atoms with Gasteiger partial charge in [-0.15, -0.1) is 0 Å². The summed E-state index contributed by atoms with van der Waals surface area (Å²) < 4.78 is 0.